The Kier molecular flexibility index (Phi) is 4.65. The van der Waals surface area contributed by atoms with Crippen LogP contribution in [0.25, 0.3) is 11.1 Å². The lowest BCUT2D eigenvalue weighted by molar-refractivity contribution is 0.185. The van der Waals surface area contributed by atoms with Gasteiger partial charge in [-0.25, -0.2) is 0 Å². The van der Waals surface area contributed by atoms with Crippen LogP contribution < -0.4 is 21.9 Å². The SMILES string of the molecule is C[C@@H]1CCC2(CCN(c3nc(N)c(-c4ccc(C5CC5)cc4)c(=O)n3C)CC2)[C@@H]1N. The van der Waals surface area contributed by atoms with Crippen molar-refractivity contribution in [1.29, 1.82) is 0 Å². The normalized spacial score (nSPS) is 25.8. The molecule has 1 spiro atoms. The van der Waals surface area contributed by atoms with Crippen molar-refractivity contribution in [1.82, 2.24) is 9.55 Å². The molecule has 2 aromatic rings. The molecule has 6 nitrogen and oxygen atoms in total. The summed E-state index contributed by atoms with van der Waals surface area (Å²) >= 11 is 0. The minimum atomic E-state index is -0.0804. The van der Waals surface area contributed by atoms with E-state index in [-0.39, 0.29) is 17.0 Å². The Hall–Kier alpha value is -2.34. The van der Waals surface area contributed by atoms with Gasteiger partial charge in [0.2, 0.25) is 5.95 Å². The van der Waals surface area contributed by atoms with Gasteiger partial charge in [-0.1, -0.05) is 31.2 Å². The van der Waals surface area contributed by atoms with Gasteiger partial charge in [0.15, 0.2) is 0 Å². The van der Waals surface area contributed by atoms with Crippen LogP contribution in [0.1, 0.15) is 56.9 Å². The molecule has 2 heterocycles. The Bertz CT molecular complexity index is 999. The summed E-state index contributed by atoms with van der Waals surface area (Å²) in [5.41, 5.74) is 15.8. The third-order valence-corrected chi connectivity index (χ3v) is 8.00. The van der Waals surface area contributed by atoms with Gasteiger partial charge in [0, 0.05) is 26.2 Å². The van der Waals surface area contributed by atoms with Gasteiger partial charge in [0.25, 0.3) is 5.56 Å². The quantitative estimate of drug-likeness (QED) is 0.815. The molecule has 1 saturated heterocycles. The Morgan fingerprint density at radius 2 is 1.73 bits per heavy atom. The van der Waals surface area contributed by atoms with E-state index in [0.29, 0.717) is 29.2 Å². The molecule has 0 amide bonds. The van der Waals surface area contributed by atoms with Crippen LogP contribution in [0, 0.1) is 11.3 Å². The van der Waals surface area contributed by atoms with E-state index in [1.807, 2.05) is 12.1 Å². The molecule has 2 saturated carbocycles. The van der Waals surface area contributed by atoms with Crippen molar-refractivity contribution in [3.05, 3.63) is 40.2 Å². The molecule has 5 rings (SSSR count). The van der Waals surface area contributed by atoms with E-state index in [2.05, 4.69) is 28.9 Å². The highest BCUT2D eigenvalue weighted by Crippen LogP contribution is 2.48. The maximum atomic E-state index is 13.2. The lowest BCUT2D eigenvalue weighted by Gasteiger charge is -2.43. The summed E-state index contributed by atoms with van der Waals surface area (Å²) in [5.74, 6) is 2.28. The van der Waals surface area contributed by atoms with Crippen molar-refractivity contribution in [3.8, 4) is 11.1 Å². The summed E-state index contributed by atoms with van der Waals surface area (Å²) in [5, 5.41) is 0. The summed E-state index contributed by atoms with van der Waals surface area (Å²) in [6, 6.07) is 8.54. The van der Waals surface area contributed by atoms with Crippen molar-refractivity contribution < 1.29 is 0 Å². The molecular weight excluding hydrogens is 374 g/mol. The molecule has 1 aromatic carbocycles. The van der Waals surface area contributed by atoms with Crippen LogP contribution in [-0.2, 0) is 7.05 Å². The van der Waals surface area contributed by atoms with Crippen LogP contribution in [0.4, 0.5) is 11.8 Å². The first-order valence-corrected chi connectivity index (χ1v) is 11.4. The summed E-state index contributed by atoms with van der Waals surface area (Å²) in [7, 11) is 1.81. The minimum absolute atomic E-state index is 0.0804. The van der Waals surface area contributed by atoms with E-state index in [0.717, 1.165) is 31.5 Å². The zero-order chi connectivity index (χ0) is 21.0. The lowest BCUT2D eigenvalue weighted by atomic mass is 9.73. The van der Waals surface area contributed by atoms with Gasteiger partial charge in [-0.3, -0.25) is 9.36 Å². The molecule has 0 radical (unpaired) electrons. The number of benzene rings is 1. The molecule has 2 atom stereocenters. The molecular formula is C24H33N5O. The van der Waals surface area contributed by atoms with Crippen molar-refractivity contribution in [2.45, 2.75) is 57.4 Å². The zero-order valence-corrected chi connectivity index (χ0v) is 18.1. The van der Waals surface area contributed by atoms with Crippen LogP contribution >= 0.6 is 0 Å². The maximum absolute atomic E-state index is 13.2. The number of rotatable bonds is 3. The Labute approximate surface area is 178 Å². The van der Waals surface area contributed by atoms with Gasteiger partial charge in [0.1, 0.15) is 5.82 Å². The molecule has 3 aliphatic rings. The van der Waals surface area contributed by atoms with Gasteiger partial charge >= 0.3 is 0 Å². The third kappa shape index (κ3) is 3.13. The average molecular weight is 408 g/mol. The molecule has 4 N–H and O–H groups in total. The van der Waals surface area contributed by atoms with Crippen molar-refractivity contribution in [3.63, 3.8) is 0 Å². The number of aromatic nitrogens is 2. The van der Waals surface area contributed by atoms with E-state index < -0.39 is 0 Å². The van der Waals surface area contributed by atoms with Gasteiger partial charge in [-0.05, 0) is 66.9 Å². The number of nitrogens with zero attached hydrogens (tertiary/aromatic N) is 3. The Morgan fingerprint density at radius 1 is 1.07 bits per heavy atom. The smallest absolute Gasteiger partial charge is 0.264 e. The first kappa shape index (κ1) is 19.6. The first-order valence-electron chi connectivity index (χ1n) is 11.4. The minimum Gasteiger partial charge on any atom is -0.383 e. The number of anilines is 2. The maximum Gasteiger partial charge on any atom is 0.264 e. The van der Waals surface area contributed by atoms with Gasteiger partial charge < -0.3 is 16.4 Å². The molecule has 2 aliphatic carbocycles. The first-order chi connectivity index (χ1) is 14.4. The van der Waals surface area contributed by atoms with E-state index in [1.54, 1.807) is 11.6 Å². The number of piperidine rings is 1. The van der Waals surface area contributed by atoms with Gasteiger partial charge in [0.05, 0.1) is 5.56 Å². The topological polar surface area (TPSA) is 90.2 Å². The van der Waals surface area contributed by atoms with E-state index >= 15 is 0 Å². The van der Waals surface area contributed by atoms with Crippen LogP contribution in [0.5, 0.6) is 0 Å². The average Bonchev–Trinajstić information content (AvgIpc) is 3.57. The molecule has 160 valence electrons. The Balaban J connectivity index is 1.40. The van der Waals surface area contributed by atoms with Crippen LogP contribution in [-0.4, -0.2) is 28.7 Å². The van der Waals surface area contributed by atoms with E-state index in [4.69, 9.17) is 11.5 Å². The standard InChI is InChI=1S/C24H33N5O/c1-15-9-10-24(20(15)25)11-13-29(14-12-24)23-27-21(26)19(22(30)28(23)2)18-7-5-17(6-8-18)16-3-4-16/h5-8,15-16,20H,3-4,9-14,25-26H2,1-2H3/t15-,20-/m1/s1. The molecule has 3 fully saturated rings. The zero-order valence-electron chi connectivity index (χ0n) is 18.1. The predicted molar refractivity (Wildman–Crippen MR) is 122 cm³/mol. The van der Waals surface area contributed by atoms with Crippen molar-refractivity contribution in [2.75, 3.05) is 23.7 Å². The number of nitrogen functional groups attached to an aromatic ring is 1. The summed E-state index contributed by atoms with van der Waals surface area (Å²) in [6.45, 7) is 4.01. The fourth-order valence-electron chi connectivity index (χ4n) is 5.70. The summed E-state index contributed by atoms with van der Waals surface area (Å²) < 4.78 is 1.66. The predicted octanol–water partition coefficient (Wildman–Crippen LogP) is 3.25. The fourth-order valence-corrected chi connectivity index (χ4v) is 5.70. The third-order valence-electron chi connectivity index (χ3n) is 8.00. The van der Waals surface area contributed by atoms with Crippen LogP contribution in [0.15, 0.2) is 29.1 Å². The molecule has 1 aliphatic heterocycles. The largest absolute Gasteiger partial charge is 0.383 e. The molecule has 0 bridgehead atoms. The molecule has 6 heteroatoms. The number of hydrogen-bond donors (Lipinski definition) is 2. The Morgan fingerprint density at radius 3 is 2.30 bits per heavy atom. The van der Waals surface area contributed by atoms with Gasteiger partial charge in [-0.15, -0.1) is 0 Å². The second kappa shape index (κ2) is 7.12. The van der Waals surface area contributed by atoms with E-state index in [9.17, 15) is 4.79 Å². The highest BCUT2D eigenvalue weighted by atomic mass is 16.1. The molecule has 1 aromatic heterocycles. The summed E-state index contributed by atoms with van der Waals surface area (Å²) in [6.07, 6.45) is 7.07. The molecule has 0 unspecified atom stereocenters. The highest BCUT2D eigenvalue weighted by Gasteiger charge is 2.46. The fraction of sp³-hybridized carbons (Fsp3) is 0.583. The van der Waals surface area contributed by atoms with E-state index in [1.165, 1.54) is 31.2 Å². The molecule has 30 heavy (non-hydrogen) atoms. The van der Waals surface area contributed by atoms with Gasteiger partial charge in [-0.2, -0.15) is 4.98 Å². The lowest BCUT2D eigenvalue weighted by Crippen LogP contribution is -2.49. The second-order valence-electron chi connectivity index (χ2n) is 9.82. The van der Waals surface area contributed by atoms with Crippen molar-refractivity contribution in [2.24, 2.45) is 24.1 Å². The monoisotopic (exact) mass is 407 g/mol. The van der Waals surface area contributed by atoms with Crippen LogP contribution in [0.3, 0.4) is 0 Å². The summed E-state index contributed by atoms with van der Waals surface area (Å²) in [4.78, 5) is 20.1. The van der Waals surface area contributed by atoms with Crippen LogP contribution in [0.2, 0.25) is 0 Å². The second-order valence-corrected chi connectivity index (χ2v) is 9.82. The van der Waals surface area contributed by atoms with Crippen molar-refractivity contribution >= 4 is 11.8 Å². The number of hydrogen-bond acceptors (Lipinski definition) is 5. The number of nitrogens with two attached hydrogens (primary N) is 2. The highest BCUT2D eigenvalue weighted by molar-refractivity contribution is 5.74.